The minimum Gasteiger partial charge on any atom is -0.493 e. The number of carbonyl (C=O) groups excluding carboxylic acids is 1. The van der Waals surface area contributed by atoms with Gasteiger partial charge in [0.05, 0.1) is 23.1 Å². The first-order valence-corrected chi connectivity index (χ1v) is 6.69. The lowest BCUT2D eigenvalue weighted by Crippen LogP contribution is -2.56. The minimum absolute atomic E-state index is 0.0366. The van der Waals surface area contributed by atoms with Crippen LogP contribution in [0.15, 0.2) is 24.3 Å². The Balaban J connectivity index is 2.64. The van der Waals surface area contributed by atoms with Crippen LogP contribution in [0.3, 0.4) is 0 Å². The number of nitrogens with two attached hydrogens (primary N) is 1. The van der Waals surface area contributed by atoms with Gasteiger partial charge in [-0.25, -0.2) is 0 Å². The second-order valence-corrected chi connectivity index (χ2v) is 5.35. The van der Waals surface area contributed by atoms with Crippen LogP contribution in [0, 0.1) is 10.1 Å². The van der Waals surface area contributed by atoms with Gasteiger partial charge in [-0.05, 0) is 26.8 Å². The number of ether oxygens (including phenoxy) is 1. The molecule has 1 aromatic rings. The molecular weight excluding hydrogens is 274 g/mol. The van der Waals surface area contributed by atoms with E-state index >= 15 is 0 Å². The van der Waals surface area contributed by atoms with Crippen LogP contribution in [0.1, 0.15) is 27.2 Å². The van der Waals surface area contributed by atoms with Gasteiger partial charge in [-0.15, -0.1) is 0 Å². The second-order valence-electron chi connectivity index (χ2n) is 5.35. The molecule has 0 aliphatic rings. The van der Waals surface area contributed by atoms with Gasteiger partial charge in [0.15, 0.2) is 0 Å². The number of nitrogens with one attached hydrogen (secondary N) is 1. The number of amides is 1. The van der Waals surface area contributed by atoms with E-state index in [0.29, 0.717) is 12.2 Å². The van der Waals surface area contributed by atoms with Gasteiger partial charge in [-0.3, -0.25) is 14.9 Å². The Hall–Kier alpha value is -2.15. The van der Waals surface area contributed by atoms with Crippen molar-refractivity contribution in [2.75, 3.05) is 6.61 Å². The molecule has 0 bridgehead atoms. The van der Waals surface area contributed by atoms with Crippen LogP contribution >= 0.6 is 0 Å². The lowest BCUT2D eigenvalue weighted by molar-refractivity contribution is -0.384. The quantitative estimate of drug-likeness (QED) is 0.559. The Morgan fingerprint density at radius 2 is 2.19 bits per heavy atom. The number of hydrogen-bond donors (Lipinski definition) is 2. The van der Waals surface area contributed by atoms with Gasteiger partial charge in [-0.1, -0.05) is 6.07 Å². The molecule has 1 aromatic carbocycles. The van der Waals surface area contributed by atoms with Gasteiger partial charge in [0.2, 0.25) is 5.91 Å². The predicted molar refractivity (Wildman–Crippen MR) is 79.1 cm³/mol. The standard InChI is InChI=1S/C14H21N3O4/c1-10(2)16-14(3,13(15)18)7-8-21-12-6-4-5-11(9-12)17(19)20/h4-6,9-10,16H,7-8H2,1-3H3,(H2,15,18). The molecule has 7 nitrogen and oxygen atoms in total. The summed E-state index contributed by atoms with van der Waals surface area (Å²) in [7, 11) is 0. The second kappa shape index (κ2) is 7.03. The van der Waals surface area contributed by atoms with E-state index in [2.05, 4.69) is 5.32 Å². The summed E-state index contributed by atoms with van der Waals surface area (Å²) in [5, 5.41) is 13.8. The molecule has 21 heavy (non-hydrogen) atoms. The smallest absolute Gasteiger partial charge is 0.273 e. The SMILES string of the molecule is CC(C)NC(C)(CCOc1cccc([N+](=O)[O-])c1)C(N)=O. The fraction of sp³-hybridized carbons (Fsp3) is 0.500. The fourth-order valence-corrected chi connectivity index (χ4v) is 1.96. The molecule has 0 saturated heterocycles. The monoisotopic (exact) mass is 295 g/mol. The highest BCUT2D eigenvalue weighted by Gasteiger charge is 2.31. The maximum atomic E-state index is 11.6. The maximum absolute atomic E-state index is 11.6. The Bertz CT molecular complexity index is 519. The van der Waals surface area contributed by atoms with Gasteiger partial charge in [0.1, 0.15) is 5.75 Å². The summed E-state index contributed by atoms with van der Waals surface area (Å²) < 4.78 is 5.47. The lowest BCUT2D eigenvalue weighted by atomic mass is 9.96. The van der Waals surface area contributed by atoms with Crippen LogP contribution in [0.4, 0.5) is 5.69 Å². The first kappa shape index (κ1) is 16.9. The Morgan fingerprint density at radius 1 is 1.52 bits per heavy atom. The first-order valence-electron chi connectivity index (χ1n) is 6.69. The summed E-state index contributed by atoms with van der Waals surface area (Å²) in [6.45, 7) is 5.78. The van der Waals surface area contributed by atoms with Crippen molar-refractivity contribution >= 4 is 11.6 Å². The number of nitrogens with zero attached hydrogens (tertiary/aromatic N) is 1. The topological polar surface area (TPSA) is 107 Å². The van der Waals surface area contributed by atoms with Gasteiger partial charge in [0.25, 0.3) is 5.69 Å². The number of nitro benzene ring substituents is 1. The third kappa shape index (κ3) is 5.03. The summed E-state index contributed by atoms with van der Waals surface area (Å²) in [6.07, 6.45) is 0.364. The normalized spacial score (nSPS) is 13.7. The molecule has 0 spiro atoms. The molecule has 1 rings (SSSR count). The van der Waals surface area contributed by atoms with E-state index in [-0.39, 0.29) is 18.3 Å². The zero-order chi connectivity index (χ0) is 16.0. The fourth-order valence-electron chi connectivity index (χ4n) is 1.96. The largest absolute Gasteiger partial charge is 0.493 e. The predicted octanol–water partition coefficient (Wildman–Crippen LogP) is 1.61. The summed E-state index contributed by atoms with van der Waals surface area (Å²) in [6, 6.07) is 6.01. The molecule has 1 unspecified atom stereocenters. The van der Waals surface area contributed by atoms with Crippen molar-refractivity contribution in [3.63, 3.8) is 0 Å². The molecule has 7 heteroatoms. The summed E-state index contributed by atoms with van der Waals surface area (Å²) in [5.74, 6) is -0.0700. The average Bonchev–Trinajstić information content (AvgIpc) is 2.38. The minimum atomic E-state index is -0.880. The molecule has 0 radical (unpaired) electrons. The van der Waals surface area contributed by atoms with E-state index in [1.807, 2.05) is 13.8 Å². The third-order valence-corrected chi connectivity index (χ3v) is 3.05. The maximum Gasteiger partial charge on any atom is 0.273 e. The van der Waals surface area contributed by atoms with E-state index < -0.39 is 16.4 Å². The van der Waals surface area contributed by atoms with E-state index in [1.54, 1.807) is 19.1 Å². The molecule has 0 fully saturated rings. The Labute approximate surface area is 123 Å². The molecule has 0 aromatic heterocycles. The van der Waals surface area contributed by atoms with E-state index in [9.17, 15) is 14.9 Å². The summed E-state index contributed by atoms with van der Waals surface area (Å²) >= 11 is 0. The molecule has 0 saturated carbocycles. The average molecular weight is 295 g/mol. The van der Waals surface area contributed by atoms with Crippen LogP contribution < -0.4 is 15.8 Å². The zero-order valence-electron chi connectivity index (χ0n) is 12.5. The van der Waals surface area contributed by atoms with Crippen molar-refractivity contribution in [3.05, 3.63) is 34.4 Å². The van der Waals surface area contributed by atoms with Crippen LogP contribution in [-0.2, 0) is 4.79 Å². The van der Waals surface area contributed by atoms with E-state index in [4.69, 9.17) is 10.5 Å². The van der Waals surface area contributed by atoms with Crippen molar-refractivity contribution in [1.82, 2.24) is 5.32 Å². The number of primary amides is 1. The van der Waals surface area contributed by atoms with E-state index in [1.165, 1.54) is 12.1 Å². The van der Waals surface area contributed by atoms with Gasteiger partial charge < -0.3 is 15.8 Å². The highest BCUT2D eigenvalue weighted by Crippen LogP contribution is 2.20. The molecule has 116 valence electrons. The summed E-state index contributed by atoms with van der Waals surface area (Å²) in [5.41, 5.74) is 4.50. The number of benzene rings is 1. The van der Waals surface area contributed by atoms with Crippen LogP contribution in [0.2, 0.25) is 0 Å². The van der Waals surface area contributed by atoms with Gasteiger partial charge in [0, 0.05) is 18.5 Å². The van der Waals surface area contributed by atoms with E-state index in [0.717, 1.165) is 0 Å². The van der Waals surface area contributed by atoms with Crippen LogP contribution in [-0.4, -0.2) is 29.0 Å². The first-order chi connectivity index (χ1) is 9.74. The lowest BCUT2D eigenvalue weighted by Gasteiger charge is -2.29. The van der Waals surface area contributed by atoms with Crippen molar-refractivity contribution in [3.8, 4) is 5.75 Å². The molecule has 0 heterocycles. The van der Waals surface area contributed by atoms with Crippen molar-refractivity contribution in [2.24, 2.45) is 5.73 Å². The Kier molecular flexibility index (Phi) is 5.66. The number of non-ortho nitro benzene ring substituents is 1. The number of carbonyl (C=O) groups is 1. The number of rotatable bonds is 8. The third-order valence-electron chi connectivity index (χ3n) is 3.05. The zero-order valence-corrected chi connectivity index (χ0v) is 12.5. The molecule has 0 aliphatic heterocycles. The van der Waals surface area contributed by atoms with Crippen molar-refractivity contribution in [2.45, 2.75) is 38.8 Å². The number of nitro groups is 1. The highest BCUT2D eigenvalue weighted by atomic mass is 16.6. The molecule has 1 amide bonds. The number of hydrogen-bond acceptors (Lipinski definition) is 5. The van der Waals surface area contributed by atoms with Gasteiger partial charge >= 0.3 is 0 Å². The Morgan fingerprint density at radius 3 is 2.71 bits per heavy atom. The molecular formula is C14H21N3O4. The highest BCUT2D eigenvalue weighted by molar-refractivity contribution is 5.84. The summed E-state index contributed by atoms with van der Waals surface area (Å²) in [4.78, 5) is 21.7. The molecule has 0 aliphatic carbocycles. The van der Waals surface area contributed by atoms with Crippen molar-refractivity contribution in [1.29, 1.82) is 0 Å². The van der Waals surface area contributed by atoms with Crippen LogP contribution in [0.25, 0.3) is 0 Å². The molecule has 1 atom stereocenters. The van der Waals surface area contributed by atoms with Crippen LogP contribution in [0.5, 0.6) is 5.75 Å². The van der Waals surface area contributed by atoms with Gasteiger partial charge in [-0.2, -0.15) is 0 Å². The molecule has 3 N–H and O–H groups in total. The van der Waals surface area contributed by atoms with Crippen molar-refractivity contribution < 1.29 is 14.5 Å².